The smallest absolute Gasteiger partial charge is 0.340 e. The summed E-state index contributed by atoms with van der Waals surface area (Å²) in [4.78, 5) is 36.5. The minimum atomic E-state index is -1.42. The molecule has 1 aliphatic carbocycles. The number of esters is 1. The number of aromatic nitrogens is 2. The van der Waals surface area contributed by atoms with Crippen molar-refractivity contribution in [3.8, 4) is 10.6 Å². The molecule has 9 nitrogen and oxygen atoms in total. The lowest BCUT2D eigenvalue weighted by molar-refractivity contribution is -0.127. The van der Waals surface area contributed by atoms with E-state index in [1.807, 2.05) is 12.1 Å². The van der Waals surface area contributed by atoms with Crippen LogP contribution in [0.1, 0.15) is 10.4 Å². The summed E-state index contributed by atoms with van der Waals surface area (Å²) in [5.41, 5.74) is 4.85. The first-order chi connectivity index (χ1) is 16.4. The molecule has 3 heterocycles. The molecule has 1 aliphatic heterocycles. The molecule has 0 saturated carbocycles. The maximum Gasteiger partial charge on any atom is 0.340 e. The first kappa shape index (κ1) is 22.7. The Morgan fingerprint density at radius 2 is 2.09 bits per heavy atom. The highest BCUT2D eigenvalue weighted by Gasteiger charge is 2.45. The average molecular weight is 499 g/mol. The molecule has 1 aromatic carbocycles. The van der Waals surface area contributed by atoms with Gasteiger partial charge in [0.1, 0.15) is 5.69 Å². The van der Waals surface area contributed by atoms with Gasteiger partial charge in [0.2, 0.25) is 11.5 Å². The lowest BCUT2D eigenvalue weighted by atomic mass is 10.1. The van der Waals surface area contributed by atoms with Gasteiger partial charge in [-0.1, -0.05) is 17.7 Å². The van der Waals surface area contributed by atoms with Crippen molar-refractivity contribution < 1.29 is 14.3 Å². The van der Waals surface area contributed by atoms with Crippen LogP contribution in [-0.4, -0.2) is 71.6 Å². The number of fused-ring (bicyclic) bond motifs is 1. The Morgan fingerprint density at radius 1 is 1.29 bits per heavy atom. The molecule has 4 N–H and O–H groups in total. The first-order valence-corrected chi connectivity index (χ1v) is 12.1. The van der Waals surface area contributed by atoms with E-state index in [1.54, 1.807) is 18.3 Å². The highest BCUT2D eigenvalue weighted by molar-refractivity contribution is 7.22. The number of ether oxygens (including phenoxy) is 1. The van der Waals surface area contributed by atoms with E-state index < -0.39 is 17.5 Å². The summed E-state index contributed by atoms with van der Waals surface area (Å²) in [6, 6.07) is 7.18. The van der Waals surface area contributed by atoms with Crippen LogP contribution in [-0.2, 0) is 9.53 Å². The first-order valence-electron chi connectivity index (χ1n) is 10.9. The van der Waals surface area contributed by atoms with Crippen LogP contribution in [0.2, 0.25) is 5.02 Å². The SMILES string of the molecule is NC(=O)C1(OC(=O)c2cccc3sc(-c4nc(NCCN5CCNCC5)ncc4Cl)cc23)C=C1. The number of nitrogens with zero attached hydrogens (tertiary/aromatic N) is 3. The molecule has 176 valence electrons. The van der Waals surface area contributed by atoms with Crippen LogP contribution in [0.15, 0.2) is 42.6 Å². The minimum absolute atomic E-state index is 0.342. The molecule has 2 aromatic heterocycles. The Kier molecular flexibility index (Phi) is 6.22. The molecule has 34 heavy (non-hydrogen) atoms. The van der Waals surface area contributed by atoms with Gasteiger partial charge in [-0.05, 0) is 30.4 Å². The standard InChI is InChI=1S/C23H23ClN6O3S/c24-16-13-28-22(27-8-11-30-9-6-26-7-10-30)29-19(16)18-12-15-14(2-1-3-17(15)34-18)20(31)33-23(4-5-23)21(25)32/h1-5,12-13,26H,6-11H2,(H2,25,32)(H,27,28,29). The zero-order valence-corrected chi connectivity index (χ0v) is 19.8. The van der Waals surface area contributed by atoms with E-state index in [9.17, 15) is 9.59 Å². The summed E-state index contributed by atoms with van der Waals surface area (Å²) >= 11 is 7.89. The van der Waals surface area contributed by atoms with Gasteiger partial charge in [-0.25, -0.2) is 14.8 Å². The molecule has 1 amide bonds. The number of halogens is 1. The normalized spacial score (nSPS) is 17.0. The molecule has 11 heteroatoms. The number of amides is 1. The van der Waals surface area contributed by atoms with E-state index in [2.05, 4.69) is 25.5 Å². The lowest BCUT2D eigenvalue weighted by Crippen LogP contribution is -2.45. The molecule has 0 spiro atoms. The van der Waals surface area contributed by atoms with Crippen molar-refractivity contribution in [2.75, 3.05) is 44.6 Å². The number of thiophene rings is 1. The highest BCUT2D eigenvalue weighted by atomic mass is 35.5. The number of carbonyl (C=O) groups is 2. The molecule has 2 aliphatic rings. The molecule has 5 rings (SSSR count). The van der Waals surface area contributed by atoms with Crippen LogP contribution >= 0.6 is 22.9 Å². The molecular weight excluding hydrogens is 476 g/mol. The fourth-order valence-corrected chi connectivity index (χ4v) is 5.15. The monoisotopic (exact) mass is 498 g/mol. The molecule has 0 atom stereocenters. The molecule has 0 radical (unpaired) electrons. The number of hydrogen-bond acceptors (Lipinski definition) is 9. The van der Waals surface area contributed by atoms with E-state index in [1.165, 1.54) is 23.5 Å². The van der Waals surface area contributed by atoms with Crippen LogP contribution in [0.25, 0.3) is 20.7 Å². The summed E-state index contributed by atoms with van der Waals surface area (Å²) in [7, 11) is 0. The van der Waals surface area contributed by atoms with Gasteiger partial charge in [0.05, 0.1) is 21.7 Å². The summed E-state index contributed by atoms with van der Waals surface area (Å²) in [5.74, 6) is -0.846. The van der Waals surface area contributed by atoms with Crippen LogP contribution in [0, 0.1) is 0 Å². The van der Waals surface area contributed by atoms with Crippen molar-refractivity contribution >= 4 is 50.8 Å². The third-order valence-corrected chi connectivity index (χ3v) is 7.18. The Bertz CT molecular complexity index is 1280. The van der Waals surface area contributed by atoms with Gasteiger partial charge < -0.3 is 21.1 Å². The fourth-order valence-electron chi connectivity index (χ4n) is 3.81. The molecule has 0 bridgehead atoms. The predicted octanol–water partition coefficient (Wildman–Crippen LogP) is 2.28. The molecule has 1 saturated heterocycles. The average Bonchev–Trinajstić information content (AvgIpc) is 3.49. The van der Waals surface area contributed by atoms with Crippen LogP contribution in [0.5, 0.6) is 0 Å². The summed E-state index contributed by atoms with van der Waals surface area (Å²) in [6.07, 6.45) is 4.50. The zero-order valence-electron chi connectivity index (χ0n) is 18.2. The number of anilines is 1. The third kappa shape index (κ3) is 4.62. The van der Waals surface area contributed by atoms with Crippen LogP contribution in [0.3, 0.4) is 0 Å². The Balaban J connectivity index is 1.35. The number of rotatable bonds is 8. The van der Waals surface area contributed by atoms with Gasteiger partial charge in [0.15, 0.2) is 0 Å². The van der Waals surface area contributed by atoms with E-state index >= 15 is 0 Å². The summed E-state index contributed by atoms with van der Waals surface area (Å²) < 4.78 is 6.23. The number of hydrogen-bond donors (Lipinski definition) is 3. The second kappa shape index (κ2) is 9.30. The second-order valence-corrected chi connectivity index (χ2v) is 9.61. The van der Waals surface area contributed by atoms with Crippen molar-refractivity contribution in [3.05, 3.63) is 53.2 Å². The Morgan fingerprint density at radius 3 is 2.82 bits per heavy atom. The highest BCUT2D eigenvalue weighted by Crippen LogP contribution is 2.38. The van der Waals surface area contributed by atoms with Gasteiger partial charge in [0.25, 0.3) is 5.91 Å². The summed E-state index contributed by atoms with van der Waals surface area (Å²) in [5, 5.41) is 7.72. The molecular formula is C23H23ClN6O3S. The Labute approximate surface area is 205 Å². The third-order valence-electron chi connectivity index (χ3n) is 5.80. The number of nitrogens with one attached hydrogen (secondary N) is 2. The predicted molar refractivity (Wildman–Crippen MR) is 132 cm³/mol. The quantitative estimate of drug-likeness (QED) is 0.319. The van der Waals surface area contributed by atoms with Crippen molar-refractivity contribution in [2.45, 2.75) is 5.60 Å². The number of nitrogens with two attached hydrogens (primary N) is 1. The van der Waals surface area contributed by atoms with Crippen molar-refractivity contribution in [2.24, 2.45) is 5.73 Å². The zero-order chi connectivity index (χ0) is 23.7. The lowest BCUT2D eigenvalue weighted by Gasteiger charge is -2.27. The van der Waals surface area contributed by atoms with Crippen LogP contribution in [0.4, 0.5) is 5.95 Å². The molecule has 0 unspecified atom stereocenters. The van der Waals surface area contributed by atoms with Gasteiger partial charge >= 0.3 is 5.97 Å². The van der Waals surface area contributed by atoms with Crippen molar-refractivity contribution in [1.82, 2.24) is 20.2 Å². The van der Waals surface area contributed by atoms with Crippen molar-refractivity contribution in [3.63, 3.8) is 0 Å². The van der Waals surface area contributed by atoms with E-state index in [0.29, 0.717) is 27.6 Å². The number of benzene rings is 1. The van der Waals surface area contributed by atoms with E-state index in [4.69, 9.17) is 22.1 Å². The molecule has 1 fully saturated rings. The van der Waals surface area contributed by atoms with E-state index in [0.717, 1.165) is 48.8 Å². The number of carbonyl (C=O) groups excluding carboxylic acids is 2. The maximum atomic E-state index is 12.8. The number of primary amides is 1. The van der Waals surface area contributed by atoms with Gasteiger partial charge in [-0.3, -0.25) is 9.69 Å². The molecule has 3 aromatic rings. The van der Waals surface area contributed by atoms with Gasteiger partial charge in [-0.15, -0.1) is 11.3 Å². The topological polar surface area (TPSA) is 122 Å². The fraction of sp³-hybridized carbons (Fsp3) is 0.304. The van der Waals surface area contributed by atoms with Gasteiger partial charge in [-0.2, -0.15) is 0 Å². The summed E-state index contributed by atoms with van der Waals surface area (Å²) in [6.45, 7) is 5.68. The minimum Gasteiger partial charge on any atom is -0.437 e. The van der Waals surface area contributed by atoms with Gasteiger partial charge in [0, 0.05) is 49.4 Å². The second-order valence-electron chi connectivity index (χ2n) is 8.12. The van der Waals surface area contributed by atoms with Crippen LogP contribution < -0.4 is 16.4 Å². The van der Waals surface area contributed by atoms with E-state index in [-0.39, 0.29) is 0 Å². The maximum absolute atomic E-state index is 12.8. The van der Waals surface area contributed by atoms with Crippen molar-refractivity contribution in [1.29, 1.82) is 0 Å². The number of piperazine rings is 1. The Hall–Kier alpha value is -3.05. The largest absolute Gasteiger partial charge is 0.437 e.